The molecule has 92 valence electrons. The fraction of sp³-hybridized carbons (Fsp3) is 0.182. The molecule has 0 saturated heterocycles. The molecular formula is C11H10FN5S. The first-order valence-corrected chi connectivity index (χ1v) is 6.03. The van der Waals surface area contributed by atoms with E-state index in [9.17, 15) is 4.39 Å². The summed E-state index contributed by atoms with van der Waals surface area (Å²) in [6.07, 6.45) is 0. The largest absolute Gasteiger partial charge is 0.335 e. The van der Waals surface area contributed by atoms with Crippen LogP contribution in [0.25, 0.3) is 11.4 Å². The van der Waals surface area contributed by atoms with Gasteiger partial charge in [-0.1, -0.05) is 23.9 Å². The minimum atomic E-state index is -0.415. The summed E-state index contributed by atoms with van der Waals surface area (Å²) in [5.74, 6) is 5.62. The lowest BCUT2D eigenvalue weighted by atomic mass is 10.2. The normalized spacial score (nSPS) is 12.1. The molecule has 1 heterocycles. The molecule has 1 aromatic heterocycles. The molecule has 0 radical (unpaired) electrons. The van der Waals surface area contributed by atoms with Gasteiger partial charge in [0.1, 0.15) is 5.82 Å². The van der Waals surface area contributed by atoms with Crippen molar-refractivity contribution in [3.05, 3.63) is 30.1 Å². The number of aromatic nitrogens is 3. The molecule has 0 aliphatic heterocycles. The molecule has 1 aromatic carbocycles. The molecule has 2 N–H and O–H groups in total. The van der Waals surface area contributed by atoms with Gasteiger partial charge in [-0.05, 0) is 19.1 Å². The third-order valence-corrected chi connectivity index (χ3v) is 3.19. The average molecular weight is 263 g/mol. The van der Waals surface area contributed by atoms with E-state index >= 15 is 0 Å². The van der Waals surface area contributed by atoms with E-state index in [1.165, 1.54) is 22.5 Å². The summed E-state index contributed by atoms with van der Waals surface area (Å²) in [6.45, 7) is 1.72. The van der Waals surface area contributed by atoms with Crippen LogP contribution < -0.4 is 5.84 Å². The van der Waals surface area contributed by atoms with Crippen LogP contribution in [0.5, 0.6) is 0 Å². The topological polar surface area (TPSA) is 80.5 Å². The molecule has 0 fully saturated rings. The van der Waals surface area contributed by atoms with Crippen LogP contribution >= 0.6 is 11.8 Å². The zero-order valence-electron chi connectivity index (χ0n) is 9.54. The van der Waals surface area contributed by atoms with E-state index in [-0.39, 0.29) is 16.6 Å². The predicted octanol–water partition coefficient (Wildman–Crippen LogP) is 1.80. The summed E-state index contributed by atoms with van der Waals surface area (Å²) in [7, 11) is 0. The molecule has 2 aromatic rings. The maximum atomic E-state index is 13.6. The van der Waals surface area contributed by atoms with Crippen molar-refractivity contribution >= 4 is 11.8 Å². The zero-order valence-corrected chi connectivity index (χ0v) is 10.4. The number of thioether (sulfide) groups is 1. The van der Waals surface area contributed by atoms with Crippen LogP contribution in [0.2, 0.25) is 0 Å². The van der Waals surface area contributed by atoms with Crippen molar-refractivity contribution < 1.29 is 4.39 Å². The number of benzene rings is 1. The van der Waals surface area contributed by atoms with Gasteiger partial charge in [-0.2, -0.15) is 5.26 Å². The molecule has 0 unspecified atom stereocenters. The van der Waals surface area contributed by atoms with Crippen molar-refractivity contribution in [2.24, 2.45) is 0 Å². The zero-order chi connectivity index (χ0) is 13.1. The molecule has 0 aliphatic carbocycles. The van der Waals surface area contributed by atoms with Crippen LogP contribution in [0.4, 0.5) is 4.39 Å². The van der Waals surface area contributed by atoms with Gasteiger partial charge in [0.2, 0.25) is 5.16 Å². The molecule has 5 nitrogen and oxygen atoms in total. The van der Waals surface area contributed by atoms with E-state index in [1.54, 1.807) is 25.1 Å². The molecule has 0 amide bonds. The molecule has 18 heavy (non-hydrogen) atoms. The number of rotatable bonds is 3. The standard InChI is InChI=1S/C11H10FN5S/c1-7(6-13)18-11-16-15-10(17(11)14)8-4-2-3-5-9(8)12/h2-5,7H,14H2,1H3/t7-/m1/s1. The third-order valence-electron chi connectivity index (χ3n) is 2.24. The molecule has 0 saturated carbocycles. The van der Waals surface area contributed by atoms with E-state index in [0.29, 0.717) is 5.16 Å². The Labute approximate surface area is 107 Å². The molecule has 1 atom stereocenters. The van der Waals surface area contributed by atoms with Crippen LogP contribution in [0.3, 0.4) is 0 Å². The minimum absolute atomic E-state index is 0.237. The first-order valence-electron chi connectivity index (χ1n) is 5.15. The van der Waals surface area contributed by atoms with Crippen LogP contribution in [0.15, 0.2) is 29.4 Å². The number of hydrogen-bond acceptors (Lipinski definition) is 5. The summed E-state index contributed by atoms with van der Waals surface area (Å²) in [6, 6.07) is 8.23. The first kappa shape index (κ1) is 12.4. The van der Waals surface area contributed by atoms with Gasteiger partial charge in [-0.25, -0.2) is 9.07 Å². The van der Waals surface area contributed by atoms with Gasteiger partial charge >= 0.3 is 0 Å². The Balaban J connectivity index is 2.38. The van der Waals surface area contributed by atoms with Crippen LogP contribution in [0.1, 0.15) is 6.92 Å². The lowest BCUT2D eigenvalue weighted by molar-refractivity contribution is 0.629. The number of nitriles is 1. The van der Waals surface area contributed by atoms with Crippen LogP contribution in [-0.4, -0.2) is 20.1 Å². The van der Waals surface area contributed by atoms with Crippen molar-refractivity contribution in [3.63, 3.8) is 0 Å². The van der Waals surface area contributed by atoms with E-state index in [0.717, 1.165) is 0 Å². The van der Waals surface area contributed by atoms with E-state index in [2.05, 4.69) is 16.3 Å². The Morgan fingerprint density at radius 3 is 2.83 bits per heavy atom. The molecule has 0 bridgehead atoms. The number of hydrogen-bond donors (Lipinski definition) is 1. The second-order valence-corrected chi connectivity index (χ2v) is 4.85. The summed E-state index contributed by atoms with van der Waals surface area (Å²) in [5.41, 5.74) is 0.281. The van der Waals surface area contributed by atoms with Gasteiger partial charge in [-0.15, -0.1) is 10.2 Å². The molecular weight excluding hydrogens is 253 g/mol. The van der Waals surface area contributed by atoms with Gasteiger partial charge in [0, 0.05) is 0 Å². The Bertz CT molecular complexity index is 604. The lowest BCUT2D eigenvalue weighted by Crippen LogP contribution is -2.13. The third kappa shape index (κ3) is 2.28. The van der Waals surface area contributed by atoms with Gasteiger partial charge in [0.25, 0.3) is 0 Å². The predicted molar refractivity (Wildman–Crippen MR) is 66.5 cm³/mol. The van der Waals surface area contributed by atoms with Gasteiger partial charge in [0.15, 0.2) is 5.82 Å². The van der Waals surface area contributed by atoms with Crippen LogP contribution in [-0.2, 0) is 0 Å². The molecule has 7 heteroatoms. The number of nitrogens with two attached hydrogens (primary N) is 1. The smallest absolute Gasteiger partial charge is 0.211 e. The number of halogens is 1. The monoisotopic (exact) mass is 263 g/mol. The minimum Gasteiger partial charge on any atom is -0.335 e. The lowest BCUT2D eigenvalue weighted by Gasteiger charge is -2.04. The first-order chi connectivity index (χ1) is 8.63. The van der Waals surface area contributed by atoms with Gasteiger partial charge < -0.3 is 5.84 Å². The van der Waals surface area contributed by atoms with E-state index in [1.807, 2.05) is 0 Å². The molecule has 0 spiro atoms. The molecule has 2 rings (SSSR count). The highest BCUT2D eigenvalue weighted by molar-refractivity contribution is 8.00. The number of nitrogens with zero attached hydrogens (tertiary/aromatic N) is 4. The molecule has 0 aliphatic rings. The summed E-state index contributed by atoms with van der Waals surface area (Å²) in [5, 5.41) is 16.5. The Hall–Kier alpha value is -2.07. The fourth-order valence-corrected chi connectivity index (χ4v) is 2.03. The van der Waals surface area contributed by atoms with E-state index in [4.69, 9.17) is 11.1 Å². The summed E-state index contributed by atoms with van der Waals surface area (Å²) < 4.78 is 14.8. The van der Waals surface area contributed by atoms with Crippen LogP contribution in [0, 0.1) is 17.1 Å². The highest BCUT2D eigenvalue weighted by Crippen LogP contribution is 2.25. The summed E-state index contributed by atoms with van der Waals surface area (Å²) >= 11 is 1.17. The Morgan fingerprint density at radius 2 is 2.17 bits per heavy atom. The van der Waals surface area contributed by atoms with Crippen molar-refractivity contribution in [2.75, 3.05) is 5.84 Å². The second-order valence-electron chi connectivity index (χ2n) is 3.55. The highest BCUT2D eigenvalue weighted by Gasteiger charge is 2.16. The number of nitrogen functional groups attached to an aromatic ring is 1. The maximum absolute atomic E-state index is 13.6. The van der Waals surface area contributed by atoms with Crippen molar-refractivity contribution in [1.82, 2.24) is 14.9 Å². The SMILES string of the molecule is C[C@H](C#N)Sc1nnc(-c2ccccc2F)n1N. The Kier molecular flexibility index (Phi) is 3.48. The average Bonchev–Trinajstić information content (AvgIpc) is 2.72. The Morgan fingerprint density at radius 1 is 1.44 bits per heavy atom. The maximum Gasteiger partial charge on any atom is 0.211 e. The fourth-order valence-electron chi connectivity index (χ4n) is 1.37. The van der Waals surface area contributed by atoms with Gasteiger partial charge in [-0.3, -0.25) is 0 Å². The van der Waals surface area contributed by atoms with Crippen molar-refractivity contribution in [2.45, 2.75) is 17.3 Å². The highest BCUT2D eigenvalue weighted by atomic mass is 32.2. The van der Waals surface area contributed by atoms with Crippen molar-refractivity contribution in [1.29, 1.82) is 5.26 Å². The van der Waals surface area contributed by atoms with Gasteiger partial charge in [0.05, 0.1) is 16.9 Å². The quantitative estimate of drug-likeness (QED) is 0.674. The van der Waals surface area contributed by atoms with E-state index < -0.39 is 5.82 Å². The summed E-state index contributed by atoms with van der Waals surface area (Å²) in [4.78, 5) is 0. The van der Waals surface area contributed by atoms with Crippen molar-refractivity contribution in [3.8, 4) is 17.5 Å². The second kappa shape index (κ2) is 5.06.